The van der Waals surface area contributed by atoms with Crippen molar-refractivity contribution in [2.75, 3.05) is 9.80 Å². The third kappa shape index (κ3) is 6.10. The molecule has 0 amide bonds. The predicted molar refractivity (Wildman–Crippen MR) is 289 cm³/mol. The van der Waals surface area contributed by atoms with Crippen molar-refractivity contribution in [3.63, 3.8) is 0 Å². The smallest absolute Gasteiger partial charge is 0.0666 e. The molecule has 11 aromatic rings. The van der Waals surface area contributed by atoms with Crippen molar-refractivity contribution in [1.82, 2.24) is 0 Å². The predicted octanol–water partition coefficient (Wildman–Crippen LogP) is 17.8. The van der Waals surface area contributed by atoms with Crippen LogP contribution in [-0.2, 0) is 12.8 Å². The van der Waals surface area contributed by atoms with Gasteiger partial charge in [0, 0.05) is 54.8 Å². The van der Waals surface area contributed by atoms with Gasteiger partial charge in [-0.25, -0.2) is 0 Å². The van der Waals surface area contributed by atoms with Gasteiger partial charge in [0.2, 0.25) is 0 Å². The van der Waals surface area contributed by atoms with Crippen LogP contribution in [0.15, 0.2) is 231 Å². The normalized spacial score (nSPS) is 18.3. The number of thiophene rings is 1. The Balaban J connectivity index is 0.820. The first-order valence-corrected chi connectivity index (χ1v) is 25.3. The fourth-order valence-corrected chi connectivity index (χ4v) is 13.9. The van der Waals surface area contributed by atoms with Crippen molar-refractivity contribution in [2.45, 2.75) is 36.8 Å². The molecule has 0 spiro atoms. The quantitative estimate of drug-likeness (QED) is 0.164. The van der Waals surface area contributed by atoms with Crippen LogP contribution in [0, 0.1) is 0 Å². The fourth-order valence-electron chi connectivity index (χ4n) is 12.8. The van der Waals surface area contributed by atoms with E-state index in [0.29, 0.717) is 17.9 Å². The van der Waals surface area contributed by atoms with E-state index >= 15 is 0 Å². The number of hydrogen-bond donors (Lipinski definition) is 0. The molecule has 1 aromatic heterocycles. The van der Waals surface area contributed by atoms with Crippen molar-refractivity contribution in [2.24, 2.45) is 0 Å². The first-order chi connectivity index (χ1) is 34.2. The molecule has 2 aliphatic carbocycles. The molecule has 69 heavy (non-hydrogen) atoms. The Bertz CT molecular complexity index is 3780. The maximum absolute atomic E-state index is 2.66. The van der Waals surface area contributed by atoms with Crippen LogP contribution in [0.25, 0.3) is 64.7 Å². The number of fused-ring (bicyclic) bond motifs is 13. The van der Waals surface area contributed by atoms with Gasteiger partial charge in [0.25, 0.3) is 0 Å². The molecule has 2 aliphatic heterocycles. The lowest BCUT2D eigenvalue weighted by Gasteiger charge is -2.29. The van der Waals surface area contributed by atoms with Crippen LogP contribution in [-0.4, -0.2) is 0 Å². The van der Waals surface area contributed by atoms with Gasteiger partial charge in [-0.05, 0) is 170 Å². The van der Waals surface area contributed by atoms with Gasteiger partial charge in [-0.2, -0.15) is 0 Å². The topological polar surface area (TPSA) is 6.48 Å². The third-order valence-electron chi connectivity index (χ3n) is 15.9. The lowest BCUT2D eigenvalue weighted by atomic mass is 9.92. The highest BCUT2D eigenvalue weighted by molar-refractivity contribution is 7.25. The summed E-state index contributed by atoms with van der Waals surface area (Å²) < 4.78 is 2.66. The Hall–Kier alpha value is -7.98. The van der Waals surface area contributed by atoms with E-state index in [9.17, 15) is 0 Å². The minimum Gasteiger partial charge on any atom is -0.333 e. The minimum atomic E-state index is 0.221. The molecule has 10 aromatic carbocycles. The first-order valence-electron chi connectivity index (χ1n) is 24.5. The van der Waals surface area contributed by atoms with E-state index in [1.54, 1.807) is 0 Å². The highest BCUT2D eigenvalue weighted by Crippen LogP contribution is 2.60. The van der Waals surface area contributed by atoms with Crippen LogP contribution in [0.1, 0.15) is 57.3 Å². The van der Waals surface area contributed by atoms with Crippen LogP contribution in [0.5, 0.6) is 0 Å². The van der Waals surface area contributed by atoms with E-state index in [0.717, 1.165) is 12.8 Å². The van der Waals surface area contributed by atoms with Crippen molar-refractivity contribution in [3.8, 4) is 44.5 Å². The zero-order valence-electron chi connectivity index (χ0n) is 38.0. The molecule has 0 radical (unpaired) electrons. The van der Waals surface area contributed by atoms with Crippen LogP contribution < -0.4 is 9.80 Å². The van der Waals surface area contributed by atoms with Gasteiger partial charge in [-0.15, -0.1) is 11.3 Å². The molecule has 2 nitrogen and oxygen atoms in total. The molecule has 15 rings (SSSR count). The molecule has 4 aliphatic rings. The number of anilines is 4. The van der Waals surface area contributed by atoms with Crippen molar-refractivity contribution >= 4 is 54.3 Å². The van der Waals surface area contributed by atoms with Gasteiger partial charge < -0.3 is 9.80 Å². The van der Waals surface area contributed by atoms with E-state index in [2.05, 4.69) is 240 Å². The maximum Gasteiger partial charge on any atom is 0.0666 e. The summed E-state index contributed by atoms with van der Waals surface area (Å²) in [7, 11) is 0. The molecule has 4 unspecified atom stereocenters. The summed E-state index contributed by atoms with van der Waals surface area (Å²) in [4.78, 5) is 5.26. The van der Waals surface area contributed by atoms with Gasteiger partial charge in [0.05, 0.1) is 12.1 Å². The summed E-state index contributed by atoms with van der Waals surface area (Å²) in [5, 5.41) is 2.66. The van der Waals surface area contributed by atoms with E-state index in [-0.39, 0.29) is 6.04 Å². The summed E-state index contributed by atoms with van der Waals surface area (Å²) in [6, 6.07) is 87.5. The second-order valence-corrected chi connectivity index (χ2v) is 20.6. The third-order valence-corrected chi connectivity index (χ3v) is 17.1. The van der Waals surface area contributed by atoms with E-state index < -0.39 is 0 Å². The highest BCUT2D eigenvalue weighted by atomic mass is 32.1. The van der Waals surface area contributed by atoms with Gasteiger partial charge >= 0.3 is 0 Å². The Morgan fingerprint density at radius 2 is 0.725 bits per heavy atom. The van der Waals surface area contributed by atoms with Gasteiger partial charge in [-0.3, -0.25) is 0 Å². The average molecular weight is 899 g/mol. The summed E-state index contributed by atoms with van der Waals surface area (Å²) >= 11 is 1.90. The SMILES string of the molecule is c1ccc(-c2cc(-c3ccccc3)cc(N3c4ccc(-c5ccc6sc7ccc(-c8ccc9c(c8)C8Cc%10ccccc%10C8N9c8ccccc8)cc7c6c5)cc4C4Cc5ccccc5C43)c2)cc1. The van der Waals surface area contributed by atoms with Crippen molar-refractivity contribution in [3.05, 3.63) is 264 Å². The van der Waals surface area contributed by atoms with Gasteiger partial charge in [0.15, 0.2) is 0 Å². The summed E-state index contributed by atoms with van der Waals surface area (Å²) in [6.07, 6.45) is 2.11. The number of para-hydroxylation sites is 1. The van der Waals surface area contributed by atoms with Crippen LogP contribution >= 0.6 is 11.3 Å². The standard InChI is InChI=1S/C66H46N2S/c1-4-14-41(15-5-1)49-32-50(42-16-6-2-7-17-42)34-52(33-49)68-62-29-25-44(36-56(62)60-40-48-19-11-13-23-54(48)66(60)68)46-27-31-64-58(38-46)57-37-45(26-30-63(57)69-64)43-24-28-61-55(35-43)59-39-47-18-10-12-22-53(47)65(59)67(61)51-20-8-3-9-21-51/h1-38,59-60,65-66H,39-40H2. The molecule has 3 heteroatoms. The first kappa shape index (κ1) is 39.1. The van der Waals surface area contributed by atoms with Gasteiger partial charge in [0.1, 0.15) is 0 Å². The molecular weight excluding hydrogens is 853 g/mol. The molecular formula is C66H46N2S. The molecule has 0 bridgehead atoms. The van der Waals surface area contributed by atoms with E-state index in [4.69, 9.17) is 0 Å². The van der Waals surface area contributed by atoms with Crippen molar-refractivity contribution < 1.29 is 0 Å². The summed E-state index contributed by atoms with van der Waals surface area (Å²) in [6.45, 7) is 0. The summed E-state index contributed by atoms with van der Waals surface area (Å²) in [5.41, 5.74) is 23.9. The van der Waals surface area contributed by atoms with Crippen LogP contribution in [0.4, 0.5) is 22.7 Å². The molecule has 3 heterocycles. The molecule has 326 valence electrons. The minimum absolute atomic E-state index is 0.221. The van der Waals surface area contributed by atoms with E-state index in [1.165, 1.54) is 121 Å². The number of hydrogen-bond acceptors (Lipinski definition) is 3. The largest absolute Gasteiger partial charge is 0.333 e. The molecule has 0 N–H and O–H groups in total. The van der Waals surface area contributed by atoms with Gasteiger partial charge in [-0.1, -0.05) is 152 Å². The Morgan fingerprint density at radius 1 is 0.304 bits per heavy atom. The second-order valence-electron chi connectivity index (χ2n) is 19.6. The van der Waals surface area contributed by atoms with Crippen molar-refractivity contribution in [1.29, 1.82) is 0 Å². The Morgan fingerprint density at radius 3 is 1.23 bits per heavy atom. The van der Waals surface area contributed by atoms with E-state index in [1.807, 2.05) is 11.3 Å². The van der Waals surface area contributed by atoms with Crippen LogP contribution in [0.2, 0.25) is 0 Å². The molecule has 4 atom stereocenters. The lowest BCUT2D eigenvalue weighted by molar-refractivity contribution is 0.633. The number of nitrogens with zero attached hydrogens (tertiary/aromatic N) is 2. The monoisotopic (exact) mass is 898 g/mol. The zero-order chi connectivity index (χ0) is 45.2. The average Bonchev–Trinajstić information content (AvgIpc) is 4.23. The number of rotatable bonds is 6. The molecule has 0 fully saturated rings. The maximum atomic E-state index is 2.66. The van der Waals surface area contributed by atoms with Crippen LogP contribution in [0.3, 0.4) is 0 Å². The molecule has 0 saturated carbocycles. The molecule has 0 saturated heterocycles. The summed E-state index contributed by atoms with van der Waals surface area (Å²) in [5.74, 6) is 0.775. The lowest BCUT2D eigenvalue weighted by Crippen LogP contribution is -2.19. The Labute approximate surface area is 407 Å². The highest BCUT2D eigenvalue weighted by Gasteiger charge is 2.47. The number of benzene rings is 10. The zero-order valence-corrected chi connectivity index (χ0v) is 38.8. The fraction of sp³-hybridized carbons (Fsp3) is 0.0909. The second kappa shape index (κ2) is 15.3. The Kier molecular flexibility index (Phi) is 8.64.